The van der Waals surface area contributed by atoms with E-state index < -0.39 is 0 Å². The summed E-state index contributed by atoms with van der Waals surface area (Å²) in [5.74, 6) is 0.0363. The number of amides is 1. The van der Waals surface area contributed by atoms with Crippen molar-refractivity contribution in [2.45, 2.75) is 19.9 Å². The molecule has 0 bridgehead atoms. The van der Waals surface area contributed by atoms with Gasteiger partial charge in [-0.05, 0) is 13.8 Å². The number of nitrogen functional groups attached to an aromatic ring is 1. The first kappa shape index (κ1) is 13.7. The Labute approximate surface area is 105 Å². The van der Waals surface area contributed by atoms with Crippen molar-refractivity contribution in [1.82, 2.24) is 10.3 Å². The lowest BCUT2D eigenvalue weighted by Gasteiger charge is -2.12. The third-order valence-corrected chi connectivity index (χ3v) is 3.11. The maximum Gasteiger partial charge on any atom is 0.265 e. The number of hydrogen-bond donors (Lipinski definition) is 3. The predicted octanol–water partition coefficient (Wildman–Crippen LogP) is 0.922. The fraction of sp³-hybridized carbons (Fsp3) is 0.600. The van der Waals surface area contributed by atoms with Crippen LogP contribution in [0.2, 0.25) is 0 Å². The molecule has 1 atom stereocenters. The summed E-state index contributed by atoms with van der Waals surface area (Å²) in [6.45, 7) is 4.91. The summed E-state index contributed by atoms with van der Waals surface area (Å²) in [6.07, 6.45) is 0. The summed E-state index contributed by atoms with van der Waals surface area (Å²) in [5, 5.41) is 6.29. The number of rotatable bonds is 6. The van der Waals surface area contributed by atoms with Crippen LogP contribution in [0.4, 0.5) is 10.9 Å². The largest absolute Gasteiger partial charge is 0.382 e. The van der Waals surface area contributed by atoms with Crippen LogP contribution in [0, 0.1) is 0 Å². The molecule has 1 amide bonds. The molecule has 1 aromatic rings. The normalized spacial score (nSPS) is 12.2. The van der Waals surface area contributed by atoms with Gasteiger partial charge in [0.15, 0.2) is 5.13 Å². The Kier molecular flexibility index (Phi) is 5.17. The van der Waals surface area contributed by atoms with Crippen LogP contribution < -0.4 is 16.4 Å². The second-order valence-corrected chi connectivity index (χ2v) is 4.52. The first-order valence-corrected chi connectivity index (χ1v) is 6.22. The zero-order valence-corrected chi connectivity index (χ0v) is 11.1. The summed E-state index contributed by atoms with van der Waals surface area (Å²) in [4.78, 5) is 16.3. The summed E-state index contributed by atoms with van der Waals surface area (Å²) >= 11 is 1.23. The van der Waals surface area contributed by atoms with Gasteiger partial charge in [0, 0.05) is 19.7 Å². The summed E-state index contributed by atoms with van der Waals surface area (Å²) in [5.41, 5.74) is 5.66. The van der Waals surface area contributed by atoms with E-state index in [9.17, 15) is 4.79 Å². The lowest BCUT2D eigenvalue weighted by Crippen LogP contribution is -2.35. The molecular formula is C10H18N4O2S. The molecule has 0 aliphatic carbocycles. The minimum Gasteiger partial charge on any atom is -0.382 e. The molecule has 17 heavy (non-hydrogen) atoms. The molecule has 0 aliphatic rings. The van der Waals surface area contributed by atoms with Crippen LogP contribution in [0.5, 0.6) is 0 Å². The quantitative estimate of drug-likeness (QED) is 0.706. The van der Waals surface area contributed by atoms with Crippen molar-refractivity contribution in [3.63, 3.8) is 0 Å². The Bertz CT molecular complexity index is 380. The van der Waals surface area contributed by atoms with Crippen molar-refractivity contribution in [3.05, 3.63) is 4.88 Å². The zero-order valence-electron chi connectivity index (χ0n) is 10.2. The molecule has 0 saturated carbocycles. The number of ether oxygens (including phenoxy) is 1. The number of thiazole rings is 1. The van der Waals surface area contributed by atoms with Gasteiger partial charge >= 0.3 is 0 Å². The lowest BCUT2D eigenvalue weighted by atomic mass is 10.3. The van der Waals surface area contributed by atoms with Gasteiger partial charge in [0.1, 0.15) is 10.7 Å². The Balaban J connectivity index is 2.59. The second-order valence-electron chi connectivity index (χ2n) is 3.52. The highest BCUT2D eigenvalue weighted by Crippen LogP contribution is 2.24. The Morgan fingerprint density at radius 1 is 1.65 bits per heavy atom. The average Bonchev–Trinajstić information content (AvgIpc) is 2.68. The van der Waals surface area contributed by atoms with Crippen LogP contribution in [-0.4, -0.2) is 37.2 Å². The summed E-state index contributed by atoms with van der Waals surface area (Å²) < 4.78 is 5.22. The van der Waals surface area contributed by atoms with E-state index in [1.165, 1.54) is 11.3 Å². The van der Waals surface area contributed by atoms with Crippen molar-refractivity contribution < 1.29 is 9.53 Å². The van der Waals surface area contributed by atoms with Crippen LogP contribution in [0.15, 0.2) is 0 Å². The van der Waals surface area contributed by atoms with E-state index in [4.69, 9.17) is 10.5 Å². The van der Waals surface area contributed by atoms with Gasteiger partial charge in [-0.25, -0.2) is 4.98 Å². The SMILES string of the molecule is CCOCC(C)NC(=O)c1sc(NC)nc1N. The standard InChI is InChI=1S/C10H18N4O2S/c1-4-16-5-6(2)13-9(15)7-8(11)14-10(12-3)17-7/h6H,4-5,11H2,1-3H3,(H,12,14)(H,13,15). The fourth-order valence-electron chi connectivity index (χ4n) is 1.23. The fourth-order valence-corrected chi connectivity index (χ4v) is 1.97. The molecule has 0 fully saturated rings. The molecule has 96 valence electrons. The first-order valence-electron chi connectivity index (χ1n) is 5.41. The first-order chi connectivity index (χ1) is 8.08. The average molecular weight is 258 g/mol. The van der Waals surface area contributed by atoms with Gasteiger partial charge < -0.3 is 21.1 Å². The third kappa shape index (κ3) is 3.86. The molecule has 0 aromatic carbocycles. The van der Waals surface area contributed by atoms with E-state index in [0.717, 1.165) is 0 Å². The number of hydrogen-bond acceptors (Lipinski definition) is 6. The predicted molar refractivity (Wildman–Crippen MR) is 69.5 cm³/mol. The van der Waals surface area contributed by atoms with Crippen molar-refractivity contribution in [2.24, 2.45) is 0 Å². The molecule has 1 aromatic heterocycles. The summed E-state index contributed by atoms with van der Waals surface area (Å²) in [6, 6.07) is -0.0537. The van der Waals surface area contributed by atoms with Gasteiger partial charge in [0.05, 0.1) is 6.61 Å². The number of aromatic nitrogens is 1. The van der Waals surface area contributed by atoms with Crippen molar-refractivity contribution >= 4 is 28.2 Å². The highest BCUT2D eigenvalue weighted by Gasteiger charge is 2.17. The minimum atomic E-state index is -0.214. The molecule has 7 heteroatoms. The number of nitrogens with two attached hydrogens (primary N) is 1. The van der Waals surface area contributed by atoms with Gasteiger partial charge in [0.25, 0.3) is 5.91 Å². The molecular weight excluding hydrogens is 240 g/mol. The lowest BCUT2D eigenvalue weighted by molar-refractivity contribution is 0.0876. The van der Waals surface area contributed by atoms with Crippen molar-refractivity contribution in [2.75, 3.05) is 31.3 Å². The summed E-state index contributed by atoms with van der Waals surface area (Å²) in [7, 11) is 1.73. The molecule has 0 aliphatic heterocycles. The van der Waals surface area contributed by atoms with E-state index in [1.807, 2.05) is 13.8 Å². The molecule has 1 unspecified atom stereocenters. The molecule has 0 radical (unpaired) electrons. The molecule has 1 heterocycles. The molecule has 4 N–H and O–H groups in total. The molecule has 1 rings (SSSR count). The third-order valence-electron chi connectivity index (χ3n) is 2.02. The van der Waals surface area contributed by atoms with Crippen LogP contribution >= 0.6 is 11.3 Å². The molecule has 6 nitrogen and oxygen atoms in total. The maximum absolute atomic E-state index is 11.9. The van der Waals surface area contributed by atoms with E-state index in [2.05, 4.69) is 15.6 Å². The van der Waals surface area contributed by atoms with E-state index in [-0.39, 0.29) is 17.8 Å². The Morgan fingerprint density at radius 2 is 2.35 bits per heavy atom. The van der Waals surface area contributed by atoms with Crippen LogP contribution in [0.25, 0.3) is 0 Å². The highest BCUT2D eigenvalue weighted by molar-refractivity contribution is 7.18. The monoisotopic (exact) mass is 258 g/mol. The number of anilines is 2. The van der Waals surface area contributed by atoms with Crippen LogP contribution in [-0.2, 0) is 4.74 Å². The number of carbonyl (C=O) groups excluding carboxylic acids is 1. The topological polar surface area (TPSA) is 89.3 Å². The smallest absolute Gasteiger partial charge is 0.265 e. The molecule has 0 saturated heterocycles. The Hall–Kier alpha value is -1.34. The number of nitrogens with one attached hydrogen (secondary N) is 2. The van der Waals surface area contributed by atoms with Gasteiger partial charge in [-0.3, -0.25) is 4.79 Å². The number of nitrogens with zero attached hydrogens (tertiary/aromatic N) is 1. The van der Waals surface area contributed by atoms with Gasteiger partial charge in [-0.15, -0.1) is 0 Å². The second kappa shape index (κ2) is 6.41. The van der Waals surface area contributed by atoms with Gasteiger partial charge in [0.2, 0.25) is 0 Å². The van der Waals surface area contributed by atoms with Gasteiger partial charge in [-0.2, -0.15) is 0 Å². The van der Waals surface area contributed by atoms with E-state index >= 15 is 0 Å². The van der Waals surface area contributed by atoms with Gasteiger partial charge in [-0.1, -0.05) is 11.3 Å². The van der Waals surface area contributed by atoms with Crippen molar-refractivity contribution in [3.8, 4) is 0 Å². The Morgan fingerprint density at radius 3 is 2.88 bits per heavy atom. The van der Waals surface area contributed by atoms with E-state index in [0.29, 0.717) is 23.2 Å². The highest BCUT2D eigenvalue weighted by atomic mass is 32.1. The zero-order chi connectivity index (χ0) is 12.8. The number of carbonyl (C=O) groups is 1. The van der Waals surface area contributed by atoms with Crippen LogP contribution in [0.1, 0.15) is 23.5 Å². The maximum atomic E-state index is 11.9. The van der Waals surface area contributed by atoms with Crippen LogP contribution in [0.3, 0.4) is 0 Å². The van der Waals surface area contributed by atoms with Crippen molar-refractivity contribution in [1.29, 1.82) is 0 Å². The van der Waals surface area contributed by atoms with E-state index in [1.54, 1.807) is 7.05 Å². The minimum absolute atomic E-state index is 0.0537. The molecule has 0 spiro atoms.